The van der Waals surface area contributed by atoms with Crippen LogP contribution in [-0.4, -0.2) is 28.4 Å². The Kier molecular flexibility index (Phi) is 4.58. The van der Waals surface area contributed by atoms with Crippen LogP contribution < -0.4 is 0 Å². The minimum Gasteiger partial charge on any atom is -0.460 e. The van der Waals surface area contributed by atoms with Crippen molar-refractivity contribution in [3.8, 4) is 0 Å². The van der Waals surface area contributed by atoms with E-state index in [9.17, 15) is 4.79 Å². The van der Waals surface area contributed by atoms with Gasteiger partial charge in [-0.3, -0.25) is 0 Å². The van der Waals surface area contributed by atoms with E-state index in [-0.39, 0.29) is 18.4 Å². The van der Waals surface area contributed by atoms with E-state index < -0.39 is 5.97 Å². The number of H-pyrrole nitrogens is 1. The molecule has 0 amide bonds. The van der Waals surface area contributed by atoms with Gasteiger partial charge < -0.3 is 9.72 Å². The van der Waals surface area contributed by atoms with Crippen molar-refractivity contribution in [2.75, 3.05) is 12.5 Å². The number of imidazole rings is 1. The largest absolute Gasteiger partial charge is 0.460 e. The highest BCUT2D eigenvalue weighted by Gasteiger charge is 2.15. The number of hydrogen-bond donors (Lipinski definition) is 1. The maximum absolute atomic E-state index is 11.6. The lowest BCUT2D eigenvalue weighted by Crippen LogP contribution is -2.08. The quantitative estimate of drug-likeness (QED) is 0.676. The van der Waals surface area contributed by atoms with E-state index in [1.54, 1.807) is 0 Å². The highest BCUT2D eigenvalue weighted by molar-refractivity contribution is 6.18. The van der Waals surface area contributed by atoms with Crippen LogP contribution in [0, 0.1) is 0 Å². The van der Waals surface area contributed by atoms with Gasteiger partial charge in [-0.2, -0.15) is 0 Å². The molecule has 0 aliphatic carbocycles. The molecule has 1 aromatic carbocycles. The second kappa shape index (κ2) is 6.38. The predicted molar refractivity (Wildman–Crippen MR) is 73.5 cm³/mol. The van der Waals surface area contributed by atoms with Crippen molar-refractivity contribution in [1.82, 2.24) is 9.97 Å². The lowest BCUT2D eigenvalue weighted by atomic mass is 10.0. The molecule has 1 aromatic heterocycles. The zero-order valence-electron chi connectivity index (χ0n) is 10.6. The van der Waals surface area contributed by atoms with Crippen LogP contribution in [0.15, 0.2) is 36.5 Å². The van der Waals surface area contributed by atoms with Gasteiger partial charge in [0.15, 0.2) is 0 Å². The number of ether oxygens (including phenoxy) is 1. The Morgan fingerprint density at radius 3 is 2.84 bits per heavy atom. The summed E-state index contributed by atoms with van der Waals surface area (Å²) in [5.41, 5.74) is 1.49. The van der Waals surface area contributed by atoms with Gasteiger partial charge in [0.1, 0.15) is 18.1 Å². The second-order valence-electron chi connectivity index (χ2n) is 4.14. The predicted octanol–water partition coefficient (Wildman–Crippen LogP) is 2.96. The highest BCUT2D eigenvalue weighted by atomic mass is 35.5. The van der Waals surface area contributed by atoms with Gasteiger partial charge >= 0.3 is 5.97 Å². The minimum atomic E-state index is -0.431. The fraction of sp³-hybridized carbons (Fsp3) is 0.286. The molecule has 19 heavy (non-hydrogen) atoms. The molecule has 1 atom stereocenters. The van der Waals surface area contributed by atoms with Gasteiger partial charge in [0.2, 0.25) is 0 Å². The van der Waals surface area contributed by atoms with Gasteiger partial charge in [0.05, 0.1) is 12.1 Å². The Morgan fingerprint density at radius 1 is 1.42 bits per heavy atom. The number of nitrogens with one attached hydrogen (secondary N) is 1. The van der Waals surface area contributed by atoms with Gasteiger partial charge in [-0.05, 0) is 5.56 Å². The molecule has 0 aliphatic heterocycles. The Hall–Kier alpha value is -1.81. The van der Waals surface area contributed by atoms with Crippen LogP contribution in [0.3, 0.4) is 0 Å². The van der Waals surface area contributed by atoms with Crippen molar-refractivity contribution in [3.05, 3.63) is 53.6 Å². The summed E-state index contributed by atoms with van der Waals surface area (Å²) in [5.74, 6) is 0.687. The van der Waals surface area contributed by atoms with Crippen LogP contribution in [0.25, 0.3) is 0 Å². The van der Waals surface area contributed by atoms with Gasteiger partial charge in [0.25, 0.3) is 0 Å². The van der Waals surface area contributed by atoms with Crippen LogP contribution in [0.5, 0.6) is 0 Å². The van der Waals surface area contributed by atoms with Crippen molar-refractivity contribution < 1.29 is 9.53 Å². The summed E-state index contributed by atoms with van der Waals surface area (Å²) in [4.78, 5) is 18.8. The molecular formula is C14H15ClN2O2. The Balaban J connectivity index is 2.10. The lowest BCUT2D eigenvalue weighted by molar-refractivity contribution is 0.0522. The number of aromatic amines is 1. The summed E-state index contributed by atoms with van der Waals surface area (Å²) in [6.45, 7) is 2.23. The zero-order valence-corrected chi connectivity index (χ0v) is 11.4. The number of aromatic nitrogens is 2. The van der Waals surface area contributed by atoms with Crippen molar-refractivity contribution >= 4 is 17.6 Å². The van der Waals surface area contributed by atoms with Gasteiger partial charge in [-0.1, -0.05) is 37.3 Å². The van der Waals surface area contributed by atoms with Gasteiger partial charge in [-0.15, -0.1) is 11.6 Å². The summed E-state index contributed by atoms with van der Waals surface area (Å²) < 4.78 is 4.93. The number of benzene rings is 1. The molecule has 1 N–H and O–H groups in total. The van der Waals surface area contributed by atoms with Crippen LogP contribution in [0.2, 0.25) is 0 Å². The third-order valence-electron chi connectivity index (χ3n) is 2.84. The molecule has 0 spiro atoms. The topological polar surface area (TPSA) is 55.0 Å². The number of rotatable bonds is 5. The number of carbonyl (C=O) groups is 1. The standard InChI is InChI=1S/C14H15ClN2O2/c1-10(11-5-3-2-4-6-11)13-16-9-12(17-13)14(18)19-8-7-15/h2-6,9-10H,7-8H2,1H3,(H,16,17). The van der Waals surface area contributed by atoms with E-state index in [1.165, 1.54) is 6.20 Å². The average molecular weight is 279 g/mol. The fourth-order valence-corrected chi connectivity index (χ4v) is 1.85. The van der Waals surface area contributed by atoms with Crippen LogP contribution in [0.1, 0.15) is 34.7 Å². The van der Waals surface area contributed by atoms with E-state index in [4.69, 9.17) is 16.3 Å². The van der Waals surface area contributed by atoms with Crippen LogP contribution in [0.4, 0.5) is 0 Å². The molecule has 0 radical (unpaired) electrons. The maximum Gasteiger partial charge on any atom is 0.356 e. The van der Waals surface area contributed by atoms with Crippen molar-refractivity contribution in [1.29, 1.82) is 0 Å². The van der Waals surface area contributed by atoms with E-state index in [2.05, 4.69) is 9.97 Å². The molecule has 0 bridgehead atoms. The third-order valence-corrected chi connectivity index (χ3v) is 2.99. The normalized spacial score (nSPS) is 12.1. The molecule has 5 heteroatoms. The molecule has 4 nitrogen and oxygen atoms in total. The van der Waals surface area contributed by atoms with Gasteiger partial charge in [0, 0.05) is 5.92 Å². The number of carbonyl (C=O) groups excluding carboxylic acids is 1. The first-order chi connectivity index (χ1) is 9.22. The minimum absolute atomic E-state index is 0.0933. The van der Waals surface area contributed by atoms with Crippen LogP contribution >= 0.6 is 11.6 Å². The molecule has 2 aromatic rings. The fourth-order valence-electron chi connectivity index (χ4n) is 1.77. The van der Waals surface area contributed by atoms with E-state index >= 15 is 0 Å². The molecule has 0 saturated carbocycles. The Bertz CT molecular complexity index is 539. The molecule has 0 saturated heterocycles. The summed E-state index contributed by atoms with van der Waals surface area (Å²) in [6.07, 6.45) is 1.49. The van der Waals surface area contributed by atoms with Crippen molar-refractivity contribution in [2.45, 2.75) is 12.8 Å². The molecule has 1 unspecified atom stereocenters. The molecule has 100 valence electrons. The van der Waals surface area contributed by atoms with Crippen molar-refractivity contribution in [2.24, 2.45) is 0 Å². The summed E-state index contributed by atoms with van der Waals surface area (Å²) >= 11 is 5.47. The first-order valence-electron chi connectivity index (χ1n) is 6.05. The molecule has 0 fully saturated rings. The third kappa shape index (κ3) is 3.35. The van der Waals surface area contributed by atoms with Gasteiger partial charge in [-0.25, -0.2) is 9.78 Å². The molecule has 2 rings (SSSR count). The van der Waals surface area contributed by atoms with E-state index in [0.29, 0.717) is 5.69 Å². The Morgan fingerprint density at radius 2 is 2.16 bits per heavy atom. The first-order valence-corrected chi connectivity index (χ1v) is 6.58. The average Bonchev–Trinajstić information content (AvgIpc) is 2.94. The van der Waals surface area contributed by atoms with Crippen molar-refractivity contribution in [3.63, 3.8) is 0 Å². The molecule has 1 heterocycles. The monoisotopic (exact) mass is 278 g/mol. The first kappa shape index (κ1) is 13.6. The summed E-state index contributed by atoms with van der Waals surface area (Å²) in [7, 11) is 0. The van der Waals surface area contributed by atoms with E-state index in [0.717, 1.165) is 11.4 Å². The highest BCUT2D eigenvalue weighted by Crippen LogP contribution is 2.21. The number of esters is 1. The number of nitrogens with zero attached hydrogens (tertiary/aromatic N) is 1. The van der Waals surface area contributed by atoms with Crippen LogP contribution in [-0.2, 0) is 4.74 Å². The number of halogens is 1. The lowest BCUT2D eigenvalue weighted by Gasteiger charge is -2.08. The summed E-state index contributed by atoms with van der Waals surface area (Å²) in [5, 5.41) is 0. The van der Waals surface area contributed by atoms with E-state index in [1.807, 2.05) is 37.3 Å². The molecule has 0 aliphatic rings. The smallest absolute Gasteiger partial charge is 0.356 e. The second-order valence-corrected chi connectivity index (χ2v) is 4.52. The SMILES string of the molecule is CC(c1ccccc1)c1ncc(C(=O)OCCCl)[nH]1. The zero-order chi connectivity index (χ0) is 13.7. The molecular weight excluding hydrogens is 264 g/mol. The Labute approximate surface area is 116 Å². The maximum atomic E-state index is 11.6. The summed E-state index contributed by atoms with van der Waals surface area (Å²) in [6, 6.07) is 9.97. The number of hydrogen-bond acceptors (Lipinski definition) is 3. The number of alkyl halides is 1.